The van der Waals surface area contributed by atoms with E-state index in [1.807, 2.05) is 0 Å². The Labute approximate surface area is 89.5 Å². The fourth-order valence-electron chi connectivity index (χ4n) is 1.52. The van der Waals surface area contributed by atoms with Crippen molar-refractivity contribution in [2.45, 2.75) is 45.1 Å². The fourth-order valence-corrected chi connectivity index (χ4v) is 2.55. The summed E-state index contributed by atoms with van der Waals surface area (Å²) in [7, 11) is 0. The van der Waals surface area contributed by atoms with E-state index in [0.717, 1.165) is 18.0 Å². The van der Waals surface area contributed by atoms with Crippen LogP contribution in [0.4, 0.5) is 0 Å². The van der Waals surface area contributed by atoms with Gasteiger partial charge in [0.15, 0.2) is 0 Å². The second kappa shape index (κ2) is 3.99. The lowest BCUT2D eigenvalue weighted by Crippen LogP contribution is -2.18. The Hall–Kier alpha value is -0.410. The van der Waals surface area contributed by atoms with Crippen molar-refractivity contribution >= 4 is 11.3 Å². The first kappa shape index (κ1) is 10.1. The summed E-state index contributed by atoms with van der Waals surface area (Å²) >= 11 is 1.79. The first-order valence-electron chi connectivity index (χ1n) is 5.43. The van der Waals surface area contributed by atoms with Crippen molar-refractivity contribution in [3.05, 3.63) is 16.1 Å². The smallest absolute Gasteiger partial charge is 0.0959 e. The van der Waals surface area contributed by atoms with Crippen LogP contribution in [0.1, 0.15) is 55.8 Å². The molecule has 1 heterocycles. The van der Waals surface area contributed by atoms with Crippen LogP contribution in [0.25, 0.3) is 0 Å². The van der Waals surface area contributed by atoms with E-state index in [1.54, 1.807) is 11.3 Å². The van der Waals surface area contributed by atoms with E-state index in [4.69, 9.17) is 5.73 Å². The minimum Gasteiger partial charge on any atom is -0.322 e. The van der Waals surface area contributed by atoms with E-state index in [0.29, 0.717) is 5.92 Å². The van der Waals surface area contributed by atoms with Gasteiger partial charge in [-0.3, -0.25) is 0 Å². The molecule has 0 amide bonds. The highest BCUT2D eigenvalue weighted by Gasteiger charge is 2.27. The third-order valence-electron chi connectivity index (χ3n) is 3.06. The molecular weight excluding hydrogens is 192 g/mol. The third-order valence-corrected chi connectivity index (χ3v) is 4.09. The van der Waals surface area contributed by atoms with Crippen molar-refractivity contribution in [2.75, 3.05) is 0 Å². The topological polar surface area (TPSA) is 38.9 Å². The number of thiazole rings is 1. The lowest BCUT2D eigenvalue weighted by molar-refractivity contribution is 0.449. The van der Waals surface area contributed by atoms with Crippen LogP contribution in [0.15, 0.2) is 5.38 Å². The highest BCUT2D eigenvalue weighted by Crippen LogP contribution is 2.42. The van der Waals surface area contributed by atoms with E-state index in [-0.39, 0.29) is 6.04 Å². The van der Waals surface area contributed by atoms with E-state index in [2.05, 4.69) is 24.2 Å². The number of nitrogens with two attached hydrogens (primary N) is 1. The summed E-state index contributed by atoms with van der Waals surface area (Å²) in [5.41, 5.74) is 7.23. The molecule has 0 saturated heterocycles. The van der Waals surface area contributed by atoms with Crippen LogP contribution >= 0.6 is 11.3 Å². The zero-order chi connectivity index (χ0) is 10.1. The normalized spacial score (nSPS) is 20.8. The summed E-state index contributed by atoms with van der Waals surface area (Å²) in [4.78, 5) is 4.63. The van der Waals surface area contributed by atoms with Gasteiger partial charge in [-0.1, -0.05) is 20.3 Å². The van der Waals surface area contributed by atoms with Gasteiger partial charge in [-0.2, -0.15) is 0 Å². The predicted molar refractivity (Wildman–Crippen MR) is 60.5 cm³/mol. The zero-order valence-electron chi connectivity index (χ0n) is 8.86. The van der Waals surface area contributed by atoms with Crippen molar-refractivity contribution in [3.8, 4) is 0 Å². The Bertz CT molecular complexity index is 304. The van der Waals surface area contributed by atoms with Gasteiger partial charge in [0.1, 0.15) is 0 Å². The Morgan fingerprint density at radius 2 is 2.36 bits per heavy atom. The number of nitrogens with zero attached hydrogens (tertiary/aromatic N) is 1. The fraction of sp³-hybridized carbons (Fsp3) is 0.727. The van der Waals surface area contributed by atoms with Crippen molar-refractivity contribution in [3.63, 3.8) is 0 Å². The first-order valence-corrected chi connectivity index (χ1v) is 6.31. The maximum atomic E-state index is 6.13. The first-order chi connectivity index (χ1) is 6.72. The Morgan fingerprint density at radius 1 is 1.64 bits per heavy atom. The molecule has 1 aromatic rings. The molecule has 78 valence electrons. The molecule has 1 fully saturated rings. The molecule has 2 atom stereocenters. The number of aromatic nitrogens is 1. The van der Waals surface area contributed by atoms with Crippen molar-refractivity contribution < 1.29 is 0 Å². The minimum atomic E-state index is 0.128. The Kier molecular flexibility index (Phi) is 2.88. The molecule has 14 heavy (non-hydrogen) atoms. The molecule has 2 rings (SSSR count). The van der Waals surface area contributed by atoms with Crippen LogP contribution in [0, 0.1) is 5.92 Å². The molecular formula is C11H18N2S. The van der Waals surface area contributed by atoms with Crippen molar-refractivity contribution in [2.24, 2.45) is 11.7 Å². The molecule has 1 aromatic heterocycles. The van der Waals surface area contributed by atoms with Crippen LogP contribution in [-0.4, -0.2) is 4.98 Å². The average Bonchev–Trinajstić information content (AvgIpc) is 2.94. The van der Waals surface area contributed by atoms with E-state index in [9.17, 15) is 0 Å². The van der Waals surface area contributed by atoms with Gasteiger partial charge in [-0.05, 0) is 18.8 Å². The van der Waals surface area contributed by atoms with Gasteiger partial charge < -0.3 is 5.73 Å². The average molecular weight is 210 g/mol. The molecule has 2 N–H and O–H groups in total. The lowest BCUT2D eigenvalue weighted by Gasteiger charge is -2.15. The van der Waals surface area contributed by atoms with Gasteiger partial charge in [-0.25, -0.2) is 4.98 Å². The summed E-state index contributed by atoms with van der Waals surface area (Å²) in [6, 6.07) is 0.128. The SMILES string of the molecule is CCC(C)C(N)c1csc(C2CC2)n1. The molecule has 1 saturated carbocycles. The van der Waals surface area contributed by atoms with Gasteiger partial charge >= 0.3 is 0 Å². The molecule has 2 unspecified atom stereocenters. The highest BCUT2D eigenvalue weighted by atomic mass is 32.1. The molecule has 3 heteroatoms. The molecule has 0 bridgehead atoms. The molecule has 0 spiro atoms. The molecule has 1 aliphatic carbocycles. The molecule has 0 aromatic carbocycles. The molecule has 0 aliphatic heterocycles. The van der Waals surface area contributed by atoms with Crippen LogP contribution < -0.4 is 5.73 Å². The van der Waals surface area contributed by atoms with Crippen LogP contribution in [0.3, 0.4) is 0 Å². The third kappa shape index (κ3) is 1.98. The largest absolute Gasteiger partial charge is 0.322 e. The molecule has 2 nitrogen and oxygen atoms in total. The van der Waals surface area contributed by atoms with Crippen LogP contribution in [0.5, 0.6) is 0 Å². The van der Waals surface area contributed by atoms with Crippen molar-refractivity contribution in [1.29, 1.82) is 0 Å². The van der Waals surface area contributed by atoms with Gasteiger partial charge in [0.25, 0.3) is 0 Å². The minimum absolute atomic E-state index is 0.128. The van der Waals surface area contributed by atoms with E-state index < -0.39 is 0 Å². The standard InChI is InChI=1S/C11H18N2S/c1-3-7(2)10(12)9-6-14-11(13-9)8-4-5-8/h6-8,10H,3-5,12H2,1-2H3. The summed E-state index contributed by atoms with van der Waals surface area (Å²) in [6.07, 6.45) is 3.77. The monoisotopic (exact) mass is 210 g/mol. The van der Waals surface area contributed by atoms with Crippen LogP contribution in [0.2, 0.25) is 0 Å². The summed E-state index contributed by atoms with van der Waals surface area (Å²) < 4.78 is 0. The molecule has 0 radical (unpaired) electrons. The van der Waals surface area contributed by atoms with Crippen molar-refractivity contribution in [1.82, 2.24) is 4.98 Å². The van der Waals surface area contributed by atoms with Gasteiger partial charge in [-0.15, -0.1) is 11.3 Å². The summed E-state index contributed by atoms with van der Waals surface area (Å²) in [5.74, 6) is 1.29. The molecule has 1 aliphatic rings. The Morgan fingerprint density at radius 3 is 2.93 bits per heavy atom. The quantitative estimate of drug-likeness (QED) is 0.829. The maximum absolute atomic E-state index is 6.13. The van der Waals surface area contributed by atoms with Crippen LogP contribution in [-0.2, 0) is 0 Å². The zero-order valence-corrected chi connectivity index (χ0v) is 9.68. The highest BCUT2D eigenvalue weighted by molar-refractivity contribution is 7.09. The Balaban J connectivity index is 2.07. The second-order valence-corrected chi connectivity index (χ2v) is 5.19. The van der Waals surface area contributed by atoms with Gasteiger partial charge in [0, 0.05) is 11.3 Å². The predicted octanol–water partition coefficient (Wildman–Crippen LogP) is 3.07. The lowest BCUT2D eigenvalue weighted by atomic mass is 9.98. The maximum Gasteiger partial charge on any atom is 0.0959 e. The van der Waals surface area contributed by atoms with E-state index >= 15 is 0 Å². The van der Waals surface area contributed by atoms with E-state index in [1.165, 1.54) is 17.8 Å². The van der Waals surface area contributed by atoms with Gasteiger partial charge in [0.05, 0.1) is 16.7 Å². The number of hydrogen-bond acceptors (Lipinski definition) is 3. The number of hydrogen-bond donors (Lipinski definition) is 1. The summed E-state index contributed by atoms with van der Waals surface area (Å²) in [5, 5.41) is 3.45. The van der Waals surface area contributed by atoms with Gasteiger partial charge in [0.2, 0.25) is 0 Å². The number of rotatable bonds is 4. The second-order valence-electron chi connectivity index (χ2n) is 4.30. The summed E-state index contributed by atoms with van der Waals surface area (Å²) in [6.45, 7) is 4.37.